The van der Waals surface area contributed by atoms with Crippen LogP contribution in [-0.4, -0.2) is 29.8 Å². The van der Waals surface area contributed by atoms with Crippen LogP contribution in [0.3, 0.4) is 0 Å². The van der Waals surface area contributed by atoms with Gasteiger partial charge in [-0.15, -0.1) is 0 Å². The smallest absolute Gasteiger partial charge is 0.322 e. The standard InChI is InChI=1S/C18H19NO4S/c1-12-7-8-13(2)17(9-12)24(22,23)19-11-15-6-4-3-5-14(15)10-16(19)18(20)21/h3-9,16H,10-11H2,1-2H3,(H,20,21). The van der Waals surface area contributed by atoms with Crippen LogP contribution in [0, 0.1) is 13.8 Å². The molecule has 3 rings (SSSR count). The predicted octanol–water partition coefficient (Wildman–Crippen LogP) is 2.50. The summed E-state index contributed by atoms with van der Waals surface area (Å²) in [5.74, 6) is -1.13. The number of hydrogen-bond donors (Lipinski definition) is 1. The van der Waals surface area contributed by atoms with Crippen LogP contribution in [0.15, 0.2) is 47.4 Å². The molecule has 1 aliphatic rings. The van der Waals surface area contributed by atoms with Crippen molar-refractivity contribution in [1.82, 2.24) is 4.31 Å². The van der Waals surface area contributed by atoms with Gasteiger partial charge in [0.05, 0.1) is 4.90 Å². The van der Waals surface area contributed by atoms with E-state index in [0.29, 0.717) is 5.56 Å². The molecule has 0 bridgehead atoms. The lowest BCUT2D eigenvalue weighted by Gasteiger charge is -2.33. The first-order valence-corrected chi connectivity index (χ1v) is 9.13. The molecule has 0 saturated heterocycles. The fourth-order valence-corrected chi connectivity index (χ4v) is 4.94. The molecule has 6 heteroatoms. The second-order valence-electron chi connectivity index (χ2n) is 6.15. The predicted molar refractivity (Wildman–Crippen MR) is 90.2 cm³/mol. The van der Waals surface area contributed by atoms with E-state index in [1.54, 1.807) is 19.1 Å². The van der Waals surface area contributed by atoms with Crippen molar-refractivity contribution in [3.8, 4) is 0 Å². The Morgan fingerprint density at radius 2 is 1.79 bits per heavy atom. The van der Waals surface area contributed by atoms with Crippen molar-refractivity contribution in [1.29, 1.82) is 0 Å². The lowest BCUT2D eigenvalue weighted by Crippen LogP contribution is -2.48. The molecular formula is C18H19NO4S. The van der Waals surface area contributed by atoms with Crippen LogP contribution in [0.2, 0.25) is 0 Å². The van der Waals surface area contributed by atoms with E-state index >= 15 is 0 Å². The largest absolute Gasteiger partial charge is 0.480 e. The summed E-state index contributed by atoms with van der Waals surface area (Å²) in [4.78, 5) is 11.9. The van der Waals surface area contributed by atoms with Gasteiger partial charge < -0.3 is 5.11 Å². The molecule has 2 aromatic rings. The Morgan fingerprint density at radius 3 is 2.46 bits per heavy atom. The summed E-state index contributed by atoms with van der Waals surface area (Å²) in [5.41, 5.74) is 3.17. The number of carboxylic acid groups (broad SMARTS) is 1. The minimum Gasteiger partial charge on any atom is -0.480 e. The third-order valence-corrected chi connectivity index (χ3v) is 6.42. The van der Waals surface area contributed by atoms with Crippen LogP contribution in [0.4, 0.5) is 0 Å². The highest BCUT2D eigenvalue weighted by atomic mass is 32.2. The topological polar surface area (TPSA) is 74.7 Å². The minimum atomic E-state index is -3.90. The van der Waals surface area contributed by atoms with Crippen molar-refractivity contribution in [2.45, 2.75) is 37.8 Å². The third-order valence-electron chi connectivity index (χ3n) is 4.42. The Morgan fingerprint density at radius 1 is 1.12 bits per heavy atom. The van der Waals surface area contributed by atoms with Gasteiger partial charge in [-0.1, -0.05) is 36.4 Å². The molecule has 2 aromatic carbocycles. The Balaban J connectivity index is 2.11. The molecule has 0 amide bonds. The molecule has 1 unspecified atom stereocenters. The molecule has 24 heavy (non-hydrogen) atoms. The molecule has 5 nitrogen and oxygen atoms in total. The van der Waals surface area contributed by atoms with Crippen LogP contribution in [0.5, 0.6) is 0 Å². The maximum Gasteiger partial charge on any atom is 0.322 e. The maximum atomic E-state index is 13.1. The maximum absolute atomic E-state index is 13.1. The van der Waals surface area contributed by atoms with Gasteiger partial charge in [0.15, 0.2) is 0 Å². The molecule has 0 saturated carbocycles. The van der Waals surface area contributed by atoms with E-state index in [-0.39, 0.29) is 17.9 Å². The third kappa shape index (κ3) is 2.83. The zero-order chi connectivity index (χ0) is 17.5. The number of fused-ring (bicyclic) bond motifs is 1. The number of hydrogen-bond acceptors (Lipinski definition) is 3. The molecule has 1 aliphatic heterocycles. The van der Waals surface area contributed by atoms with Gasteiger partial charge in [0.1, 0.15) is 6.04 Å². The van der Waals surface area contributed by atoms with Gasteiger partial charge in [-0.2, -0.15) is 4.31 Å². The summed E-state index contributed by atoms with van der Waals surface area (Å²) >= 11 is 0. The Labute approximate surface area is 141 Å². The molecule has 0 aromatic heterocycles. The Hall–Kier alpha value is -2.18. The summed E-state index contributed by atoms with van der Waals surface area (Å²) in [5, 5.41) is 9.56. The molecule has 0 fully saturated rings. The molecule has 1 atom stereocenters. The SMILES string of the molecule is Cc1ccc(C)c(S(=O)(=O)N2Cc3ccccc3CC2C(=O)O)c1. The molecule has 126 valence electrons. The summed E-state index contributed by atoms with van der Waals surface area (Å²) in [6, 6.07) is 11.5. The first-order chi connectivity index (χ1) is 11.3. The summed E-state index contributed by atoms with van der Waals surface area (Å²) in [6.45, 7) is 3.61. The van der Waals surface area contributed by atoms with Gasteiger partial charge >= 0.3 is 5.97 Å². The van der Waals surface area contributed by atoms with E-state index < -0.39 is 22.0 Å². The van der Waals surface area contributed by atoms with Crippen LogP contribution in [-0.2, 0) is 27.8 Å². The van der Waals surface area contributed by atoms with E-state index in [4.69, 9.17) is 0 Å². The van der Waals surface area contributed by atoms with E-state index in [0.717, 1.165) is 21.0 Å². The zero-order valence-corrected chi connectivity index (χ0v) is 14.4. The molecule has 1 heterocycles. The quantitative estimate of drug-likeness (QED) is 0.927. The molecular weight excluding hydrogens is 326 g/mol. The zero-order valence-electron chi connectivity index (χ0n) is 13.6. The van der Waals surface area contributed by atoms with Gasteiger partial charge in [-0.3, -0.25) is 4.79 Å². The van der Waals surface area contributed by atoms with Crippen molar-refractivity contribution in [2.24, 2.45) is 0 Å². The molecule has 1 N–H and O–H groups in total. The molecule has 0 aliphatic carbocycles. The number of aryl methyl sites for hydroxylation is 2. The van der Waals surface area contributed by atoms with Gasteiger partial charge in [-0.05, 0) is 42.2 Å². The number of carboxylic acids is 1. The van der Waals surface area contributed by atoms with Crippen LogP contribution in [0.1, 0.15) is 22.3 Å². The van der Waals surface area contributed by atoms with Crippen molar-refractivity contribution in [2.75, 3.05) is 0 Å². The van der Waals surface area contributed by atoms with Crippen molar-refractivity contribution >= 4 is 16.0 Å². The van der Waals surface area contributed by atoms with Gasteiger partial charge in [-0.25, -0.2) is 8.42 Å². The van der Waals surface area contributed by atoms with Crippen molar-refractivity contribution in [3.05, 3.63) is 64.7 Å². The Bertz CT molecular complexity index is 905. The molecule has 0 spiro atoms. The van der Waals surface area contributed by atoms with E-state index in [1.807, 2.05) is 37.3 Å². The van der Waals surface area contributed by atoms with Crippen molar-refractivity contribution < 1.29 is 18.3 Å². The van der Waals surface area contributed by atoms with E-state index in [9.17, 15) is 18.3 Å². The number of benzene rings is 2. The molecule has 0 radical (unpaired) electrons. The number of aliphatic carboxylic acids is 1. The highest BCUT2D eigenvalue weighted by Gasteiger charge is 2.40. The average Bonchev–Trinajstić information content (AvgIpc) is 2.55. The lowest BCUT2D eigenvalue weighted by atomic mass is 9.96. The summed E-state index contributed by atoms with van der Waals surface area (Å²) < 4.78 is 27.4. The fraction of sp³-hybridized carbons (Fsp3) is 0.278. The highest BCUT2D eigenvalue weighted by molar-refractivity contribution is 7.89. The van der Waals surface area contributed by atoms with Crippen molar-refractivity contribution in [3.63, 3.8) is 0 Å². The lowest BCUT2D eigenvalue weighted by molar-refractivity contribution is -0.141. The minimum absolute atomic E-state index is 0.0723. The Kier molecular flexibility index (Phi) is 4.19. The van der Waals surface area contributed by atoms with Crippen LogP contribution in [0.25, 0.3) is 0 Å². The second kappa shape index (κ2) is 6.03. The van der Waals surface area contributed by atoms with Crippen LogP contribution >= 0.6 is 0 Å². The van der Waals surface area contributed by atoms with Gasteiger partial charge in [0, 0.05) is 13.0 Å². The first kappa shape index (κ1) is 16.7. The van der Waals surface area contributed by atoms with Gasteiger partial charge in [0.2, 0.25) is 10.0 Å². The second-order valence-corrected chi connectivity index (χ2v) is 8.01. The summed E-state index contributed by atoms with van der Waals surface area (Å²) in [7, 11) is -3.90. The van der Waals surface area contributed by atoms with Gasteiger partial charge in [0.25, 0.3) is 0 Å². The number of rotatable bonds is 3. The van der Waals surface area contributed by atoms with Crippen LogP contribution < -0.4 is 0 Å². The average molecular weight is 345 g/mol. The highest BCUT2D eigenvalue weighted by Crippen LogP contribution is 2.30. The number of sulfonamides is 1. The fourth-order valence-electron chi connectivity index (χ4n) is 3.07. The normalized spacial score (nSPS) is 18.2. The van der Waals surface area contributed by atoms with E-state index in [2.05, 4.69) is 0 Å². The summed E-state index contributed by atoms with van der Waals surface area (Å²) in [6.07, 6.45) is 0.176. The monoisotopic (exact) mass is 345 g/mol. The number of carbonyl (C=O) groups is 1. The van der Waals surface area contributed by atoms with E-state index in [1.165, 1.54) is 0 Å². The first-order valence-electron chi connectivity index (χ1n) is 7.69. The number of nitrogens with zero attached hydrogens (tertiary/aromatic N) is 1.